The lowest BCUT2D eigenvalue weighted by Gasteiger charge is -2.05. The molecule has 0 amide bonds. The van der Waals surface area contributed by atoms with Crippen LogP contribution in [0.1, 0.15) is 0 Å². The minimum absolute atomic E-state index is 0.0130. The first-order chi connectivity index (χ1) is 6.70. The van der Waals surface area contributed by atoms with Gasteiger partial charge in [-0.1, -0.05) is 24.2 Å². The number of rotatable bonds is 5. The predicted molar refractivity (Wildman–Crippen MR) is 58.6 cm³/mol. The Morgan fingerprint density at radius 2 is 2.36 bits per heavy atom. The lowest BCUT2D eigenvalue weighted by atomic mass is 10.4. The summed E-state index contributed by atoms with van der Waals surface area (Å²) in [5.41, 5.74) is 0.0130. The third-order valence-electron chi connectivity index (χ3n) is 1.75. The van der Waals surface area contributed by atoms with E-state index in [1.54, 1.807) is 22.9 Å². The quantitative estimate of drug-likeness (QED) is 0.745. The highest BCUT2D eigenvalue weighted by Crippen LogP contribution is 1.91. The number of nitrogens with one attached hydrogen (secondary N) is 1. The first-order valence-electron chi connectivity index (χ1n) is 4.39. The Labute approximate surface area is 88.0 Å². The largest absolute Gasteiger partial charge is 0.314 e. The van der Waals surface area contributed by atoms with Gasteiger partial charge in [0.2, 0.25) is 0 Å². The second kappa shape index (κ2) is 5.62. The fourth-order valence-corrected chi connectivity index (χ4v) is 1.16. The molecule has 1 aromatic heterocycles. The van der Waals surface area contributed by atoms with Gasteiger partial charge < -0.3 is 9.88 Å². The Bertz CT molecular complexity index is 359. The van der Waals surface area contributed by atoms with Crippen LogP contribution in [0.2, 0.25) is 0 Å². The average molecular weight is 213 g/mol. The lowest BCUT2D eigenvalue weighted by molar-refractivity contribution is 0.608. The number of halogens is 1. The highest BCUT2D eigenvalue weighted by atomic mass is 35.5. The zero-order valence-corrected chi connectivity index (χ0v) is 8.63. The molecule has 0 spiro atoms. The highest BCUT2D eigenvalue weighted by molar-refractivity contribution is 6.29. The maximum Gasteiger partial charge on any atom is 0.250 e. The summed E-state index contributed by atoms with van der Waals surface area (Å²) in [5.74, 6) is 0. The number of pyridine rings is 1. The molecule has 0 aliphatic rings. The first kappa shape index (κ1) is 11.0. The molecule has 1 N–H and O–H groups in total. The molecule has 0 saturated heterocycles. The van der Waals surface area contributed by atoms with Gasteiger partial charge in [0.25, 0.3) is 5.56 Å². The molecule has 0 radical (unpaired) electrons. The summed E-state index contributed by atoms with van der Waals surface area (Å²) in [4.78, 5) is 11.2. The van der Waals surface area contributed by atoms with E-state index in [2.05, 4.69) is 11.9 Å². The van der Waals surface area contributed by atoms with Crippen molar-refractivity contribution < 1.29 is 0 Å². The number of hydrogen-bond donors (Lipinski definition) is 1. The van der Waals surface area contributed by atoms with Gasteiger partial charge in [-0.25, -0.2) is 0 Å². The SMILES string of the molecule is C=C(Cl)CNCCn1ccccc1=O. The van der Waals surface area contributed by atoms with Crippen LogP contribution in [-0.4, -0.2) is 17.7 Å². The van der Waals surface area contributed by atoms with E-state index in [1.807, 2.05) is 6.07 Å². The fourth-order valence-electron chi connectivity index (χ4n) is 1.07. The molecule has 0 aliphatic carbocycles. The van der Waals surface area contributed by atoms with Crippen molar-refractivity contribution in [2.24, 2.45) is 0 Å². The van der Waals surface area contributed by atoms with Crippen molar-refractivity contribution >= 4 is 11.6 Å². The summed E-state index contributed by atoms with van der Waals surface area (Å²) in [6, 6.07) is 5.11. The van der Waals surface area contributed by atoms with Gasteiger partial charge in [0.1, 0.15) is 0 Å². The lowest BCUT2D eigenvalue weighted by Crippen LogP contribution is -2.26. The highest BCUT2D eigenvalue weighted by Gasteiger charge is 1.93. The van der Waals surface area contributed by atoms with Crippen LogP contribution in [0.3, 0.4) is 0 Å². The predicted octanol–water partition coefficient (Wildman–Crippen LogP) is 1.19. The van der Waals surface area contributed by atoms with Crippen LogP contribution < -0.4 is 10.9 Å². The van der Waals surface area contributed by atoms with E-state index in [1.165, 1.54) is 0 Å². The summed E-state index contributed by atoms with van der Waals surface area (Å²) in [6.45, 7) is 5.47. The second-order valence-electron chi connectivity index (χ2n) is 2.93. The fraction of sp³-hybridized carbons (Fsp3) is 0.300. The molecule has 0 atom stereocenters. The van der Waals surface area contributed by atoms with E-state index in [4.69, 9.17) is 11.6 Å². The summed E-state index contributed by atoms with van der Waals surface area (Å²) < 4.78 is 1.64. The molecular formula is C10H13ClN2O. The van der Waals surface area contributed by atoms with Crippen molar-refractivity contribution in [3.05, 3.63) is 46.4 Å². The monoisotopic (exact) mass is 212 g/mol. The van der Waals surface area contributed by atoms with Crippen LogP contribution in [0.4, 0.5) is 0 Å². The Kier molecular flexibility index (Phi) is 4.43. The molecule has 4 heteroatoms. The van der Waals surface area contributed by atoms with Gasteiger partial charge in [-0.2, -0.15) is 0 Å². The van der Waals surface area contributed by atoms with Crippen LogP contribution >= 0.6 is 11.6 Å². The number of nitrogens with zero attached hydrogens (tertiary/aromatic N) is 1. The molecule has 0 bridgehead atoms. The number of hydrogen-bond acceptors (Lipinski definition) is 2. The van der Waals surface area contributed by atoms with E-state index in [9.17, 15) is 4.79 Å². The molecule has 1 rings (SSSR count). The Morgan fingerprint density at radius 1 is 1.57 bits per heavy atom. The van der Waals surface area contributed by atoms with Crippen LogP contribution in [0.25, 0.3) is 0 Å². The van der Waals surface area contributed by atoms with Gasteiger partial charge >= 0.3 is 0 Å². The maximum atomic E-state index is 11.2. The van der Waals surface area contributed by atoms with Gasteiger partial charge in [0, 0.05) is 36.9 Å². The van der Waals surface area contributed by atoms with Crippen molar-refractivity contribution in [3.63, 3.8) is 0 Å². The standard InChI is InChI=1S/C10H13ClN2O/c1-9(11)8-12-5-7-13-6-3-2-4-10(13)14/h2-4,6,12H,1,5,7-8H2. The Morgan fingerprint density at radius 3 is 3.00 bits per heavy atom. The second-order valence-corrected chi connectivity index (χ2v) is 3.46. The van der Waals surface area contributed by atoms with E-state index in [-0.39, 0.29) is 5.56 Å². The molecule has 0 unspecified atom stereocenters. The molecule has 0 fully saturated rings. The zero-order chi connectivity index (χ0) is 10.4. The van der Waals surface area contributed by atoms with Gasteiger partial charge in [-0.15, -0.1) is 0 Å². The minimum atomic E-state index is 0.0130. The molecule has 3 nitrogen and oxygen atoms in total. The molecular weight excluding hydrogens is 200 g/mol. The third kappa shape index (κ3) is 3.77. The van der Waals surface area contributed by atoms with Gasteiger partial charge in [0.15, 0.2) is 0 Å². The molecule has 0 aromatic carbocycles. The van der Waals surface area contributed by atoms with Gasteiger partial charge in [0.05, 0.1) is 0 Å². The van der Waals surface area contributed by atoms with E-state index in [0.717, 1.165) is 0 Å². The van der Waals surface area contributed by atoms with E-state index < -0.39 is 0 Å². The van der Waals surface area contributed by atoms with Crippen molar-refractivity contribution in [2.45, 2.75) is 6.54 Å². The molecule has 76 valence electrons. The Hall–Kier alpha value is -1.06. The molecule has 1 heterocycles. The topological polar surface area (TPSA) is 34.0 Å². The van der Waals surface area contributed by atoms with Crippen molar-refractivity contribution in [3.8, 4) is 0 Å². The molecule has 0 saturated carbocycles. The number of aromatic nitrogens is 1. The third-order valence-corrected chi connectivity index (χ3v) is 1.88. The minimum Gasteiger partial charge on any atom is -0.314 e. The summed E-state index contributed by atoms with van der Waals surface area (Å²) >= 11 is 5.57. The van der Waals surface area contributed by atoms with Crippen molar-refractivity contribution in [2.75, 3.05) is 13.1 Å². The normalized spacial score (nSPS) is 10.1. The van der Waals surface area contributed by atoms with Crippen molar-refractivity contribution in [1.82, 2.24) is 9.88 Å². The Balaban J connectivity index is 2.35. The van der Waals surface area contributed by atoms with Crippen LogP contribution in [0.15, 0.2) is 40.8 Å². The van der Waals surface area contributed by atoms with E-state index >= 15 is 0 Å². The molecule has 14 heavy (non-hydrogen) atoms. The van der Waals surface area contributed by atoms with Crippen LogP contribution in [0.5, 0.6) is 0 Å². The smallest absolute Gasteiger partial charge is 0.250 e. The summed E-state index contributed by atoms with van der Waals surface area (Å²) in [5, 5.41) is 3.64. The van der Waals surface area contributed by atoms with Gasteiger partial charge in [-0.3, -0.25) is 4.79 Å². The first-order valence-corrected chi connectivity index (χ1v) is 4.77. The average Bonchev–Trinajstić information content (AvgIpc) is 2.15. The molecule has 1 aromatic rings. The van der Waals surface area contributed by atoms with Crippen LogP contribution in [0, 0.1) is 0 Å². The van der Waals surface area contributed by atoms with Crippen LogP contribution in [-0.2, 0) is 6.54 Å². The zero-order valence-electron chi connectivity index (χ0n) is 7.87. The maximum absolute atomic E-state index is 11.2. The van der Waals surface area contributed by atoms with Gasteiger partial charge in [-0.05, 0) is 6.07 Å². The summed E-state index contributed by atoms with van der Waals surface area (Å²) in [7, 11) is 0. The van der Waals surface area contributed by atoms with Crippen molar-refractivity contribution in [1.29, 1.82) is 0 Å². The molecule has 0 aliphatic heterocycles. The van der Waals surface area contributed by atoms with E-state index in [0.29, 0.717) is 24.7 Å². The summed E-state index contributed by atoms with van der Waals surface area (Å²) in [6.07, 6.45) is 1.76.